The van der Waals surface area contributed by atoms with Crippen LogP contribution < -0.4 is 0 Å². The third-order valence-electron chi connectivity index (χ3n) is 2.04. The second kappa shape index (κ2) is 4.06. The number of aliphatic hydroxyl groups excluding tert-OH is 1. The van der Waals surface area contributed by atoms with Crippen LogP contribution in [0.3, 0.4) is 0 Å². The average Bonchev–Trinajstić information content (AvgIpc) is 2.03. The first kappa shape index (κ1) is 9.75. The number of halogens is 1. The monoisotopic (exact) mass is 228 g/mol. The second-order valence-electron chi connectivity index (χ2n) is 3.08. The van der Waals surface area contributed by atoms with Crippen LogP contribution in [-0.4, -0.2) is 11.7 Å². The van der Waals surface area contributed by atoms with Gasteiger partial charge in [-0.15, -0.1) is 0 Å². The Kier molecular flexibility index (Phi) is 3.29. The van der Waals surface area contributed by atoms with E-state index in [1.807, 2.05) is 13.0 Å². The van der Waals surface area contributed by atoms with Crippen LogP contribution in [0.1, 0.15) is 24.0 Å². The minimum absolute atomic E-state index is 0.211. The maximum absolute atomic E-state index is 8.97. The van der Waals surface area contributed by atoms with Crippen LogP contribution in [0.25, 0.3) is 0 Å². The number of hydrogen-bond acceptors (Lipinski definition) is 1. The molecule has 12 heavy (non-hydrogen) atoms. The van der Waals surface area contributed by atoms with E-state index in [2.05, 4.69) is 35.0 Å². The van der Waals surface area contributed by atoms with Gasteiger partial charge in [-0.2, -0.15) is 0 Å². The molecule has 0 aliphatic carbocycles. The zero-order valence-corrected chi connectivity index (χ0v) is 8.93. The number of rotatable bonds is 2. The molecule has 1 atom stereocenters. The maximum Gasteiger partial charge on any atom is 0.0497 e. The molecule has 2 heteroatoms. The number of hydrogen-bond donors (Lipinski definition) is 1. The van der Waals surface area contributed by atoms with Crippen molar-refractivity contribution in [2.45, 2.75) is 19.8 Å². The van der Waals surface area contributed by atoms with Crippen molar-refractivity contribution >= 4 is 15.9 Å². The summed E-state index contributed by atoms with van der Waals surface area (Å²) < 4.78 is 1.09. The lowest BCUT2D eigenvalue weighted by Gasteiger charge is -2.11. The number of aryl methyl sites for hydroxylation is 1. The molecule has 1 aromatic carbocycles. The van der Waals surface area contributed by atoms with Gasteiger partial charge < -0.3 is 5.11 Å². The molecule has 0 fully saturated rings. The predicted molar refractivity (Wildman–Crippen MR) is 54.4 cm³/mol. The summed E-state index contributed by atoms with van der Waals surface area (Å²) in [6.45, 7) is 4.30. The van der Waals surface area contributed by atoms with E-state index in [4.69, 9.17) is 5.11 Å². The van der Waals surface area contributed by atoms with Gasteiger partial charge in [0.25, 0.3) is 0 Å². The Morgan fingerprint density at radius 3 is 2.67 bits per heavy atom. The van der Waals surface area contributed by atoms with Gasteiger partial charge in [0.2, 0.25) is 0 Å². The molecule has 0 radical (unpaired) electrons. The first-order valence-electron chi connectivity index (χ1n) is 4.02. The predicted octanol–water partition coefficient (Wildman–Crippen LogP) is 2.85. The minimum atomic E-state index is 0.211. The Bertz CT molecular complexity index is 271. The fourth-order valence-corrected chi connectivity index (χ4v) is 1.77. The average molecular weight is 229 g/mol. The van der Waals surface area contributed by atoms with E-state index in [0.29, 0.717) is 0 Å². The topological polar surface area (TPSA) is 20.2 Å². The lowest BCUT2D eigenvalue weighted by molar-refractivity contribution is 0.272. The Morgan fingerprint density at radius 2 is 2.17 bits per heavy atom. The molecular weight excluding hydrogens is 216 g/mol. The summed E-state index contributed by atoms with van der Waals surface area (Å²) in [5.74, 6) is 0.234. The van der Waals surface area contributed by atoms with Gasteiger partial charge >= 0.3 is 0 Å². The van der Waals surface area contributed by atoms with Crippen molar-refractivity contribution in [1.82, 2.24) is 0 Å². The van der Waals surface area contributed by atoms with Crippen molar-refractivity contribution < 1.29 is 5.11 Å². The van der Waals surface area contributed by atoms with E-state index >= 15 is 0 Å². The van der Waals surface area contributed by atoms with E-state index in [0.717, 1.165) is 4.47 Å². The molecule has 0 spiro atoms. The summed E-state index contributed by atoms with van der Waals surface area (Å²) in [7, 11) is 0. The van der Waals surface area contributed by atoms with Crippen molar-refractivity contribution in [2.24, 2.45) is 0 Å². The van der Waals surface area contributed by atoms with E-state index < -0.39 is 0 Å². The summed E-state index contributed by atoms with van der Waals surface area (Å²) >= 11 is 3.40. The van der Waals surface area contributed by atoms with Crippen LogP contribution in [0, 0.1) is 6.92 Å². The standard InChI is InChI=1S/C10H13BrO/c1-7-5-9(11)3-4-10(7)8(2)6-12/h3-5,8,12H,6H2,1-2H3. The summed E-state index contributed by atoms with van der Waals surface area (Å²) in [4.78, 5) is 0. The molecule has 66 valence electrons. The zero-order valence-electron chi connectivity index (χ0n) is 7.34. The van der Waals surface area contributed by atoms with Crippen LogP contribution in [0.2, 0.25) is 0 Å². The zero-order chi connectivity index (χ0) is 9.14. The molecule has 1 unspecified atom stereocenters. The molecule has 0 aliphatic rings. The highest BCUT2D eigenvalue weighted by atomic mass is 79.9. The molecule has 1 N–H and O–H groups in total. The van der Waals surface area contributed by atoms with Crippen molar-refractivity contribution in [1.29, 1.82) is 0 Å². The molecule has 0 aliphatic heterocycles. The number of benzene rings is 1. The van der Waals surface area contributed by atoms with E-state index in [-0.39, 0.29) is 12.5 Å². The van der Waals surface area contributed by atoms with Gasteiger partial charge in [-0.05, 0) is 30.2 Å². The van der Waals surface area contributed by atoms with E-state index in [1.54, 1.807) is 0 Å². The quantitative estimate of drug-likeness (QED) is 0.826. The Labute approximate surface area is 81.6 Å². The van der Waals surface area contributed by atoms with Gasteiger partial charge in [-0.25, -0.2) is 0 Å². The van der Waals surface area contributed by atoms with Crippen molar-refractivity contribution in [3.8, 4) is 0 Å². The van der Waals surface area contributed by atoms with E-state index in [9.17, 15) is 0 Å². The highest BCUT2D eigenvalue weighted by molar-refractivity contribution is 9.10. The Morgan fingerprint density at radius 1 is 1.50 bits per heavy atom. The van der Waals surface area contributed by atoms with Crippen LogP contribution in [0.4, 0.5) is 0 Å². The molecule has 1 nitrogen and oxygen atoms in total. The first-order chi connectivity index (χ1) is 5.65. The lowest BCUT2D eigenvalue weighted by Crippen LogP contribution is -2.00. The fourth-order valence-electron chi connectivity index (χ4n) is 1.29. The van der Waals surface area contributed by atoms with Gasteiger partial charge in [0, 0.05) is 17.0 Å². The third-order valence-corrected chi connectivity index (χ3v) is 2.53. The van der Waals surface area contributed by atoms with Crippen molar-refractivity contribution in [3.63, 3.8) is 0 Å². The smallest absolute Gasteiger partial charge is 0.0497 e. The summed E-state index contributed by atoms with van der Waals surface area (Å²) in [5.41, 5.74) is 2.45. The molecule has 1 rings (SSSR count). The van der Waals surface area contributed by atoms with Crippen molar-refractivity contribution in [3.05, 3.63) is 33.8 Å². The molecule has 0 amide bonds. The normalized spacial score (nSPS) is 13.0. The molecule has 0 aromatic heterocycles. The molecule has 0 bridgehead atoms. The minimum Gasteiger partial charge on any atom is -0.396 e. The first-order valence-corrected chi connectivity index (χ1v) is 4.81. The van der Waals surface area contributed by atoms with Crippen LogP contribution in [0.5, 0.6) is 0 Å². The summed E-state index contributed by atoms with van der Waals surface area (Å²) in [6.07, 6.45) is 0. The Balaban J connectivity index is 3.01. The SMILES string of the molecule is Cc1cc(Br)ccc1C(C)CO. The van der Waals surface area contributed by atoms with Crippen molar-refractivity contribution in [2.75, 3.05) is 6.61 Å². The van der Waals surface area contributed by atoms with Gasteiger partial charge in [0.1, 0.15) is 0 Å². The van der Waals surface area contributed by atoms with E-state index in [1.165, 1.54) is 11.1 Å². The second-order valence-corrected chi connectivity index (χ2v) is 4.00. The maximum atomic E-state index is 8.97. The molecule has 0 saturated heterocycles. The molecular formula is C10H13BrO. The van der Waals surface area contributed by atoms with Gasteiger partial charge in [0.15, 0.2) is 0 Å². The largest absolute Gasteiger partial charge is 0.396 e. The number of aliphatic hydroxyl groups is 1. The van der Waals surface area contributed by atoms with Gasteiger partial charge in [0.05, 0.1) is 0 Å². The van der Waals surface area contributed by atoms with Crippen LogP contribution in [-0.2, 0) is 0 Å². The lowest BCUT2D eigenvalue weighted by atomic mass is 9.97. The highest BCUT2D eigenvalue weighted by Gasteiger charge is 2.06. The summed E-state index contributed by atoms with van der Waals surface area (Å²) in [5, 5.41) is 8.97. The Hall–Kier alpha value is -0.340. The van der Waals surface area contributed by atoms with Crippen LogP contribution in [0.15, 0.2) is 22.7 Å². The van der Waals surface area contributed by atoms with Crippen LogP contribution >= 0.6 is 15.9 Å². The van der Waals surface area contributed by atoms with Gasteiger partial charge in [-0.3, -0.25) is 0 Å². The molecule has 0 heterocycles. The van der Waals surface area contributed by atoms with Gasteiger partial charge in [-0.1, -0.05) is 28.9 Å². The molecule has 1 aromatic rings. The third kappa shape index (κ3) is 2.08. The summed E-state index contributed by atoms with van der Waals surface area (Å²) in [6, 6.07) is 6.14. The fraction of sp³-hybridized carbons (Fsp3) is 0.400. The highest BCUT2D eigenvalue weighted by Crippen LogP contribution is 2.22. The molecule has 0 saturated carbocycles.